The van der Waals surface area contributed by atoms with Crippen molar-refractivity contribution in [3.63, 3.8) is 0 Å². The molecule has 1 saturated carbocycles. The Kier molecular flexibility index (Phi) is 8.97. The summed E-state index contributed by atoms with van der Waals surface area (Å²) < 4.78 is 12.1. The van der Waals surface area contributed by atoms with Gasteiger partial charge in [-0.25, -0.2) is 14.4 Å². The second-order valence-corrected chi connectivity index (χ2v) is 7.97. The fourth-order valence-electron chi connectivity index (χ4n) is 3.69. The largest absolute Gasteiger partial charge is 0.506 e. The van der Waals surface area contributed by atoms with E-state index in [1.54, 1.807) is 12.3 Å². The first-order chi connectivity index (χ1) is 15.1. The lowest BCUT2D eigenvalue weighted by molar-refractivity contribution is 0.262. The summed E-state index contributed by atoms with van der Waals surface area (Å²) in [5.74, 6) is 0.569. The van der Waals surface area contributed by atoms with Gasteiger partial charge in [0.1, 0.15) is 24.1 Å². The van der Waals surface area contributed by atoms with Gasteiger partial charge in [0.25, 0.3) is 0 Å². The topological polar surface area (TPSA) is 97.0 Å². The standard InChI is InChI=1S/C13H10N4O.C6H12.C5H10FN/c14-13-11-4-8(1-2-12(11)16-7-17-13)9-3-10(18)6-15-5-9;1-2-4-6-5-3-1;6-5-1-3-7-4-2-5/h1-7,18H,(H2,14,16,17);1-6H2;5,7H,1-4H2. The molecule has 2 aromatic heterocycles. The maximum Gasteiger partial charge on any atom is 0.134 e. The number of nitrogens with two attached hydrogens (primary N) is 1. The molecule has 5 rings (SSSR count). The molecule has 31 heavy (non-hydrogen) atoms. The Hall–Kier alpha value is -2.80. The van der Waals surface area contributed by atoms with E-state index in [-0.39, 0.29) is 5.75 Å². The summed E-state index contributed by atoms with van der Waals surface area (Å²) in [5.41, 5.74) is 8.34. The van der Waals surface area contributed by atoms with E-state index in [0.717, 1.165) is 35.1 Å². The van der Waals surface area contributed by atoms with Crippen LogP contribution in [0.2, 0.25) is 0 Å². The number of nitrogens with one attached hydrogen (secondary N) is 1. The molecule has 2 aliphatic rings. The minimum absolute atomic E-state index is 0.130. The number of aromatic hydroxyl groups is 1. The first-order valence-corrected chi connectivity index (χ1v) is 11.1. The van der Waals surface area contributed by atoms with Crippen LogP contribution in [0.1, 0.15) is 51.4 Å². The lowest BCUT2D eigenvalue weighted by atomic mass is 10.0. The molecule has 0 amide bonds. The fraction of sp³-hybridized carbons (Fsp3) is 0.458. The number of pyridine rings is 1. The molecule has 0 unspecified atom stereocenters. The second kappa shape index (κ2) is 12.2. The maximum atomic E-state index is 12.1. The zero-order valence-corrected chi connectivity index (χ0v) is 17.9. The SMILES string of the molecule is C1CCCCC1.FC1CCNCC1.Nc1ncnc2ccc(-c3cncc(O)c3)cc12. The normalized spacial score (nSPS) is 16.5. The Morgan fingerprint density at radius 3 is 2.16 bits per heavy atom. The van der Waals surface area contributed by atoms with Crippen molar-refractivity contribution in [3.05, 3.63) is 43.0 Å². The first kappa shape index (κ1) is 22.9. The molecule has 0 bridgehead atoms. The Labute approximate surface area is 183 Å². The van der Waals surface area contributed by atoms with Crippen molar-refractivity contribution in [2.75, 3.05) is 18.8 Å². The summed E-state index contributed by atoms with van der Waals surface area (Å²) >= 11 is 0. The fourth-order valence-corrected chi connectivity index (χ4v) is 3.69. The van der Waals surface area contributed by atoms with Crippen LogP contribution in [0.25, 0.3) is 22.0 Å². The van der Waals surface area contributed by atoms with Crippen molar-refractivity contribution < 1.29 is 9.50 Å². The maximum absolute atomic E-state index is 12.1. The van der Waals surface area contributed by atoms with Crippen LogP contribution in [0.15, 0.2) is 43.0 Å². The third kappa shape index (κ3) is 7.43. The number of anilines is 1. The quantitative estimate of drug-likeness (QED) is 0.506. The number of benzene rings is 1. The number of nitrogens with zero attached hydrogens (tertiary/aromatic N) is 3. The second-order valence-electron chi connectivity index (χ2n) is 7.97. The number of hydrogen-bond acceptors (Lipinski definition) is 6. The van der Waals surface area contributed by atoms with Gasteiger partial charge in [0, 0.05) is 17.1 Å². The Morgan fingerprint density at radius 1 is 0.903 bits per heavy atom. The number of aromatic nitrogens is 3. The lowest BCUT2D eigenvalue weighted by Crippen LogP contribution is -2.28. The van der Waals surface area contributed by atoms with Crippen LogP contribution >= 0.6 is 0 Å². The molecule has 1 aliphatic carbocycles. The van der Waals surface area contributed by atoms with Gasteiger partial charge >= 0.3 is 0 Å². The van der Waals surface area contributed by atoms with Crippen molar-refractivity contribution in [2.45, 2.75) is 57.5 Å². The van der Waals surface area contributed by atoms with Gasteiger partial charge in [0.05, 0.1) is 11.7 Å². The third-order valence-electron chi connectivity index (χ3n) is 5.49. The molecule has 1 saturated heterocycles. The van der Waals surface area contributed by atoms with Gasteiger partial charge in [-0.3, -0.25) is 4.98 Å². The first-order valence-electron chi connectivity index (χ1n) is 11.1. The van der Waals surface area contributed by atoms with E-state index in [1.165, 1.54) is 51.0 Å². The van der Waals surface area contributed by atoms with Crippen LogP contribution in [0.5, 0.6) is 5.75 Å². The van der Waals surface area contributed by atoms with Crippen molar-refractivity contribution in [2.24, 2.45) is 0 Å². The summed E-state index contributed by atoms with van der Waals surface area (Å²) in [6, 6.07) is 7.31. The highest BCUT2D eigenvalue weighted by molar-refractivity contribution is 5.91. The minimum Gasteiger partial charge on any atom is -0.506 e. The summed E-state index contributed by atoms with van der Waals surface area (Å²) in [6.07, 6.45) is 14.4. The van der Waals surface area contributed by atoms with Gasteiger partial charge < -0.3 is 16.2 Å². The highest BCUT2D eigenvalue weighted by Crippen LogP contribution is 2.26. The molecule has 2 fully saturated rings. The van der Waals surface area contributed by atoms with Crippen molar-refractivity contribution in [1.29, 1.82) is 0 Å². The highest BCUT2D eigenvalue weighted by atomic mass is 19.1. The molecule has 0 atom stereocenters. The molecule has 6 nitrogen and oxygen atoms in total. The summed E-state index contributed by atoms with van der Waals surface area (Å²) in [7, 11) is 0. The van der Waals surface area contributed by atoms with E-state index in [2.05, 4.69) is 20.3 Å². The zero-order valence-electron chi connectivity index (χ0n) is 17.9. The van der Waals surface area contributed by atoms with Crippen LogP contribution in [0, 0.1) is 0 Å². The summed E-state index contributed by atoms with van der Waals surface area (Å²) in [6.45, 7) is 1.72. The number of halogens is 1. The number of piperidine rings is 1. The molecular formula is C24H32FN5O. The smallest absolute Gasteiger partial charge is 0.134 e. The lowest BCUT2D eigenvalue weighted by Gasteiger charge is -2.14. The number of nitrogen functional groups attached to an aromatic ring is 1. The molecule has 1 aliphatic heterocycles. The van der Waals surface area contributed by atoms with Crippen molar-refractivity contribution >= 4 is 16.7 Å². The molecule has 0 spiro atoms. The Morgan fingerprint density at radius 2 is 1.58 bits per heavy atom. The molecule has 1 aromatic carbocycles. The van der Waals surface area contributed by atoms with Crippen LogP contribution in [0.3, 0.4) is 0 Å². The van der Waals surface area contributed by atoms with Crippen LogP contribution in [-0.4, -0.2) is 39.3 Å². The molecule has 0 radical (unpaired) electrons. The predicted octanol–water partition coefficient (Wildman–Crippen LogP) is 5.03. The predicted molar refractivity (Wildman–Crippen MR) is 124 cm³/mol. The van der Waals surface area contributed by atoms with Crippen molar-refractivity contribution in [1.82, 2.24) is 20.3 Å². The van der Waals surface area contributed by atoms with Gasteiger partial charge in [-0.15, -0.1) is 0 Å². The van der Waals surface area contributed by atoms with Gasteiger partial charge in [0.15, 0.2) is 0 Å². The molecule has 3 heterocycles. The average Bonchev–Trinajstić information content (AvgIpc) is 2.82. The van der Waals surface area contributed by atoms with E-state index < -0.39 is 6.17 Å². The van der Waals surface area contributed by atoms with E-state index >= 15 is 0 Å². The monoisotopic (exact) mass is 425 g/mol. The molecular weight excluding hydrogens is 393 g/mol. The molecule has 4 N–H and O–H groups in total. The molecule has 166 valence electrons. The van der Waals surface area contributed by atoms with Gasteiger partial charge in [-0.05, 0) is 49.7 Å². The Balaban J connectivity index is 0.000000171. The summed E-state index contributed by atoms with van der Waals surface area (Å²) in [4.78, 5) is 12.1. The number of alkyl halides is 1. The zero-order chi connectivity index (χ0) is 21.9. The minimum atomic E-state index is -0.527. The van der Waals surface area contributed by atoms with Crippen LogP contribution in [0.4, 0.5) is 10.2 Å². The van der Waals surface area contributed by atoms with E-state index in [9.17, 15) is 9.50 Å². The number of fused-ring (bicyclic) bond motifs is 1. The highest BCUT2D eigenvalue weighted by Gasteiger charge is 2.09. The van der Waals surface area contributed by atoms with Crippen LogP contribution < -0.4 is 11.1 Å². The molecule has 3 aromatic rings. The van der Waals surface area contributed by atoms with E-state index in [4.69, 9.17) is 5.73 Å². The van der Waals surface area contributed by atoms with Gasteiger partial charge in [-0.1, -0.05) is 44.6 Å². The average molecular weight is 426 g/mol. The third-order valence-corrected chi connectivity index (χ3v) is 5.49. The summed E-state index contributed by atoms with van der Waals surface area (Å²) in [5, 5.41) is 13.3. The van der Waals surface area contributed by atoms with E-state index in [0.29, 0.717) is 18.7 Å². The van der Waals surface area contributed by atoms with Crippen LogP contribution in [-0.2, 0) is 0 Å². The Bertz CT molecular complexity index is 931. The van der Waals surface area contributed by atoms with E-state index in [1.807, 2.05) is 18.2 Å². The van der Waals surface area contributed by atoms with Gasteiger partial charge in [0.2, 0.25) is 0 Å². The molecule has 7 heteroatoms. The number of rotatable bonds is 1. The van der Waals surface area contributed by atoms with Crippen molar-refractivity contribution in [3.8, 4) is 16.9 Å². The van der Waals surface area contributed by atoms with Gasteiger partial charge in [-0.2, -0.15) is 0 Å². The number of hydrogen-bond donors (Lipinski definition) is 3.